The highest BCUT2D eigenvalue weighted by Crippen LogP contribution is 2.20. The normalized spacial score (nSPS) is 12.7. The van der Waals surface area contributed by atoms with Gasteiger partial charge in [0.1, 0.15) is 0 Å². The van der Waals surface area contributed by atoms with Gasteiger partial charge >= 0.3 is 0 Å². The number of unbranched alkanes of at least 4 members (excludes halogenated alkanes) is 5. The van der Waals surface area contributed by atoms with Crippen molar-refractivity contribution in [2.45, 2.75) is 57.9 Å². The van der Waals surface area contributed by atoms with E-state index in [2.05, 4.69) is 17.2 Å². The molecule has 0 bridgehead atoms. The van der Waals surface area contributed by atoms with Crippen molar-refractivity contribution in [2.75, 3.05) is 7.05 Å². The van der Waals surface area contributed by atoms with Gasteiger partial charge in [0.25, 0.3) is 0 Å². The smallest absolute Gasteiger partial charge is 0.0890 e. The number of fused-ring (bicyclic) bond motifs is 1. The Kier molecular flexibility index (Phi) is 6.61. The Morgan fingerprint density at radius 1 is 1.00 bits per heavy atom. The van der Waals surface area contributed by atoms with Gasteiger partial charge in [-0.25, -0.2) is 4.98 Å². The first-order valence-electron chi connectivity index (χ1n) is 8.24. The van der Waals surface area contributed by atoms with Crippen LogP contribution in [0.5, 0.6) is 0 Å². The molecule has 0 saturated carbocycles. The van der Waals surface area contributed by atoms with Crippen LogP contribution in [0.4, 0.5) is 0 Å². The van der Waals surface area contributed by atoms with Crippen LogP contribution in [-0.4, -0.2) is 17.0 Å². The SMILES string of the molecule is CCCCCCCCC(NC)c1cnc2ccccc2n1. The molecule has 1 atom stereocenters. The highest BCUT2D eigenvalue weighted by molar-refractivity contribution is 5.73. The fraction of sp³-hybridized carbons (Fsp3) is 0.556. The molecule has 1 N–H and O–H groups in total. The van der Waals surface area contributed by atoms with Crippen molar-refractivity contribution in [3.8, 4) is 0 Å². The number of aromatic nitrogens is 2. The molecule has 0 radical (unpaired) electrons. The minimum absolute atomic E-state index is 0.313. The lowest BCUT2D eigenvalue weighted by Crippen LogP contribution is -2.18. The maximum atomic E-state index is 4.75. The van der Waals surface area contributed by atoms with Crippen molar-refractivity contribution in [3.63, 3.8) is 0 Å². The van der Waals surface area contributed by atoms with Crippen molar-refractivity contribution in [1.82, 2.24) is 15.3 Å². The average Bonchev–Trinajstić information content (AvgIpc) is 2.54. The molecule has 21 heavy (non-hydrogen) atoms. The second-order valence-electron chi connectivity index (χ2n) is 5.68. The molecular weight excluding hydrogens is 258 g/mol. The molecule has 2 aromatic rings. The van der Waals surface area contributed by atoms with Crippen molar-refractivity contribution < 1.29 is 0 Å². The fourth-order valence-corrected chi connectivity index (χ4v) is 2.71. The Labute approximate surface area is 128 Å². The van der Waals surface area contributed by atoms with Crippen LogP contribution in [0.2, 0.25) is 0 Å². The van der Waals surface area contributed by atoms with Crippen LogP contribution < -0.4 is 5.32 Å². The van der Waals surface area contributed by atoms with E-state index in [1.807, 2.05) is 37.5 Å². The Hall–Kier alpha value is -1.48. The Morgan fingerprint density at radius 2 is 1.71 bits per heavy atom. The molecular formula is C18H27N3. The minimum atomic E-state index is 0.313. The quantitative estimate of drug-likeness (QED) is 0.682. The van der Waals surface area contributed by atoms with Gasteiger partial charge in [-0.15, -0.1) is 0 Å². The highest BCUT2D eigenvalue weighted by Gasteiger charge is 2.11. The number of hydrogen-bond acceptors (Lipinski definition) is 3. The second-order valence-corrected chi connectivity index (χ2v) is 5.68. The van der Waals surface area contributed by atoms with E-state index < -0.39 is 0 Å². The first kappa shape index (κ1) is 15.9. The third-order valence-electron chi connectivity index (χ3n) is 4.02. The summed E-state index contributed by atoms with van der Waals surface area (Å²) in [5, 5.41) is 3.38. The van der Waals surface area contributed by atoms with Gasteiger partial charge in [-0.3, -0.25) is 4.98 Å². The zero-order valence-electron chi connectivity index (χ0n) is 13.3. The Morgan fingerprint density at radius 3 is 2.48 bits per heavy atom. The van der Waals surface area contributed by atoms with Gasteiger partial charge in [0.2, 0.25) is 0 Å². The standard InChI is InChI=1S/C18H27N3/c1-3-4-5-6-7-8-11-15(19-2)18-14-20-16-12-9-10-13-17(16)21-18/h9-10,12-15,19H,3-8,11H2,1-2H3. The lowest BCUT2D eigenvalue weighted by Gasteiger charge is -2.15. The Bertz CT molecular complexity index is 539. The van der Waals surface area contributed by atoms with Crippen molar-refractivity contribution in [3.05, 3.63) is 36.2 Å². The van der Waals surface area contributed by atoms with Crippen LogP contribution in [-0.2, 0) is 0 Å². The second kappa shape index (κ2) is 8.73. The van der Waals surface area contributed by atoms with E-state index in [1.165, 1.54) is 38.5 Å². The van der Waals surface area contributed by atoms with Gasteiger partial charge in [-0.1, -0.05) is 57.6 Å². The van der Waals surface area contributed by atoms with Gasteiger partial charge in [-0.2, -0.15) is 0 Å². The van der Waals surface area contributed by atoms with Crippen molar-refractivity contribution in [2.24, 2.45) is 0 Å². The fourth-order valence-electron chi connectivity index (χ4n) is 2.71. The summed E-state index contributed by atoms with van der Waals surface area (Å²) in [5.74, 6) is 0. The molecule has 0 fully saturated rings. The van der Waals surface area contributed by atoms with Crippen LogP contribution in [0.3, 0.4) is 0 Å². The monoisotopic (exact) mass is 285 g/mol. The lowest BCUT2D eigenvalue weighted by atomic mass is 10.0. The van der Waals surface area contributed by atoms with Crippen LogP contribution in [0.25, 0.3) is 11.0 Å². The number of para-hydroxylation sites is 2. The van der Waals surface area contributed by atoms with E-state index in [0.29, 0.717) is 6.04 Å². The molecule has 0 amide bonds. The van der Waals surface area contributed by atoms with Gasteiger partial charge < -0.3 is 5.32 Å². The number of nitrogens with one attached hydrogen (secondary N) is 1. The summed E-state index contributed by atoms with van der Waals surface area (Å²) in [4.78, 5) is 9.27. The van der Waals surface area contributed by atoms with Crippen LogP contribution in [0.1, 0.15) is 63.6 Å². The molecule has 0 aliphatic heterocycles. The van der Waals surface area contributed by atoms with Crippen LogP contribution in [0.15, 0.2) is 30.5 Å². The van der Waals surface area contributed by atoms with E-state index >= 15 is 0 Å². The number of nitrogens with zero attached hydrogens (tertiary/aromatic N) is 2. The van der Waals surface area contributed by atoms with E-state index in [1.54, 1.807) is 0 Å². The molecule has 0 aliphatic carbocycles. The Balaban J connectivity index is 1.89. The van der Waals surface area contributed by atoms with Gasteiger partial charge in [0, 0.05) is 0 Å². The summed E-state index contributed by atoms with van der Waals surface area (Å²) < 4.78 is 0. The molecule has 1 aromatic heterocycles. The minimum Gasteiger partial charge on any atom is -0.312 e. The summed E-state index contributed by atoms with van der Waals surface area (Å²) in [6.07, 6.45) is 11.0. The summed E-state index contributed by atoms with van der Waals surface area (Å²) in [5.41, 5.74) is 3.01. The molecule has 2 rings (SSSR count). The molecule has 0 saturated heterocycles. The predicted molar refractivity (Wildman–Crippen MR) is 89.3 cm³/mol. The van der Waals surface area contributed by atoms with E-state index in [4.69, 9.17) is 4.98 Å². The average molecular weight is 285 g/mol. The molecule has 0 spiro atoms. The summed E-state index contributed by atoms with van der Waals surface area (Å²) >= 11 is 0. The first-order valence-corrected chi connectivity index (χ1v) is 8.24. The van der Waals surface area contributed by atoms with Gasteiger partial charge in [0.05, 0.1) is 29.0 Å². The molecule has 3 nitrogen and oxygen atoms in total. The van der Waals surface area contributed by atoms with Gasteiger partial charge in [-0.05, 0) is 25.6 Å². The maximum absolute atomic E-state index is 4.75. The van der Waals surface area contributed by atoms with E-state index in [0.717, 1.165) is 23.1 Å². The number of rotatable bonds is 9. The summed E-state index contributed by atoms with van der Waals surface area (Å²) in [6.45, 7) is 2.26. The molecule has 1 heterocycles. The van der Waals surface area contributed by atoms with Crippen molar-refractivity contribution in [1.29, 1.82) is 0 Å². The third-order valence-corrected chi connectivity index (χ3v) is 4.02. The third kappa shape index (κ3) is 4.78. The zero-order valence-corrected chi connectivity index (χ0v) is 13.3. The predicted octanol–water partition coefficient (Wildman–Crippen LogP) is 4.64. The molecule has 1 unspecified atom stereocenters. The van der Waals surface area contributed by atoms with Crippen LogP contribution >= 0.6 is 0 Å². The summed E-state index contributed by atoms with van der Waals surface area (Å²) in [6, 6.07) is 8.37. The molecule has 1 aromatic carbocycles. The van der Waals surface area contributed by atoms with Crippen LogP contribution in [0, 0.1) is 0 Å². The maximum Gasteiger partial charge on any atom is 0.0890 e. The topological polar surface area (TPSA) is 37.8 Å². The number of benzene rings is 1. The van der Waals surface area contributed by atoms with Crippen molar-refractivity contribution >= 4 is 11.0 Å². The van der Waals surface area contributed by atoms with Gasteiger partial charge in [0.15, 0.2) is 0 Å². The summed E-state index contributed by atoms with van der Waals surface area (Å²) in [7, 11) is 2.01. The zero-order chi connectivity index (χ0) is 14.9. The molecule has 0 aliphatic rings. The molecule has 3 heteroatoms. The first-order chi connectivity index (χ1) is 10.3. The lowest BCUT2D eigenvalue weighted by molar-refractivity contribution is 0.489. The van der Waals surface area contributed by atoms with E-state index in [9.17, 15) is 0 Å². The largest absolute Gasteiger partial charge is 0.312 e. The highest BCUT2D eigenvalue weighted by atomic mass is 14.9. The molecule has 114 valence electrons. The van der Waals surface area contributed by atoms with E-state index in [-0.39, 0.29) is 0 Å². The number of hydrogen-bond donors (Lipinski definition) is 1.